The molecule has 0 amide bonds. The lowest BCUT2D eigenvalue weighted by molar-refractivity contribution is 0.436. The van der Waals surface area contributed by atoms with Crippen LogP contribution in [-0.2, 0) is 6.42 Å². The summed E-state index contributed by atoms with van der Waals surface area (Å²) >= 11 is 8.31. The minimum absolute atomic E-state index is 0.437. The van der Waals surface area contributed by atoms with Crippen LogP contribution in [0.3, 0.4) is 0 Å². The lowest BCUT2D eigenvalue weighted by Gasteiger charge is -2.18. The van der Waals surface area contributed by atoms with E-state index in [0.29, 0.717) is 5.38 Å². The average molecular weight is 243 g/mol. The summed E-state index contributed by atoms with van der Waals surface area (Å²) in [6.07, 6.45) is 9.21. The van der Waals surface area contributed by atoms with Crippen molar-refractivity contribution in [3.63, 3.8) is 0 Å². The maximum atomic E-state index is 6.43. The van der Waals surface area contributed by atoms with Crippen molar-refractivity contribution in [2.24, 2.45) is 5.92 Å². The lowest BCUT2D eigenvalue weighted by atomic mass is 9.94. The van der Waals surface area contributed by atoms with E-state index < -0.39 is 0 Å². The second kappa shape index (κ2) is 5.91. The van der Waals surface area contributed by atoms with E-state index in [2.05, 4.69) is 17.5 Å². The molecule has 0 nitrogen and oxygen atoms in total. The molecule has 0 aliphatic heterocycles. The van der Waals surface area contributed by atoms with Gasteiger partial charge in [0.25, 0.3) is 0 Å². The average Bonchev–Trinajstić information content (AvgIpc) is 2.67. The summed E-state index contributed by atoms with van der Waals surface area (Å²) in [6.45, 7) is 0. The maximum absolute atomic E-state index is 6.43. The first-order valence-corrected chi connectivity index (χ1v) is 7.34. The van der Waals surface area contributed by atoms with E-state index in [4.69, 9.17) is 11.6 Å². The SMILES string of the molecule is ClC1CCCCCC1CCc1cccs1. The van der Waals surface area contributed by atoms with E-state index in [1.165, 1.54) is 49.8 Å². The monoisotopic (exact) mass is 242 g/mol. The highest BCUT2D eigenvalue weighted by atomic mass is 35.5. The van der Waals surface area contributed by atoms with Crippen molar-refractivity contribution < 1.29 is 0 Å². The smallest absolute Gasteiger partial charge is 0.0364 e. The zero-order chi connectivity index (χ0) is 10.5. The van der Waals surface area contributed by atoms with Crippen LogP contribution in [0, 0.1) is 5.92 Å². The van der Waals surface area contributed by atoms with Gasteiger partial charge in [0.2, 0.25) is 0 Å². The third-order valence-corrected chi connectivity index (χ3v) is 4.92. The Hall–Kier alpha value is -0.0100. The summed E-state index contributed by atoms with van der Waals surface area (Å²) in [5, 5.41) is 2.60. The molecule has 0 N–H and O–H groups in total. The minimum atomic E-state index is 0.437. The molecule has 0 saturated heterocycles. The molecule has 1 aromatic rings. The Kier molecular flexibility index (Phi) is 4.52. The number of thiophene rings is 1. The van der Waals surface area contributed by atoms with E-state index in [1.54, 1.807) is 0 Å². The quantitative estimate of drug-likeness (QED) is 0.524. The Balaban J connectivity index is 1.81. The summed E-state index contributed by atoms with van der Waals surface area (Å²) in [6, 6.07) is 4.38. The molecule has 1 aliphatic carbocycles. The van der Waals surface area contributed by atoms with E-state index >= 15 is 0 Å². The molecule has 2 atom stereocenters. The summed E-state index contributed by atoms with van der Waals surface area (Å²) in [4.78, 5) is 1.52. The number of aryl methyl sites for hydroxylation is 1. The normalized spacial score (nSPS) is 27.5. The fourth-order valence-corrected chi connectivity index (χ4v) is 3.58. The van der Waals surface area contributed by atoms with Crippen LogP contribution in [0.15, 0.2) is 17.5 Å². The van der Waals surface area contributed by atoms with Crippen LogP contribution >= 0.6 is 22.9 Å². The molecule has 1 fully saturated rings. The van der Waals surface area contributed by atoms with E-state index in [1.807, 2.05) is 11.3 Å². The van der Waals surface area contributed by atoms with Gasteiger partial charge in [0, 0.05) is 10.3 Å². The number of alkyl halides is 1. The Morgan fingerprint density at radius 3 is 2.93 bits per heavy atom. The molecule has 2 heteroatoms. The molecular formula is C13H19ClS. The summed E-state index contributed by atoms with van der Waals surface area (Å²) < 4.78 is 0. The molecule has 1 aliphatic rings. The van der Waals surface area contributed by atoms with Gasteiger partial charge >= 0.3 is 0 Å². The number of hydrogen-bond donors (Lipinski definition) is 0. The van der Waals surface area contributed by atoms with Crippen LogP contribution in [0.4, 0.5) is 0 Å². The maximum Gasteiger partial charge on any atom is 0.0364 e. The van der Waals surface area contributed by atoms with Crippen molar-refractivity contribution in [3.8, 4) is 0 Å². The van der Waals surface area contributed by atoms with Gasteiger partial charge in [-0.1, -0.05) is 25.3 Å². The van der Waals surface area contributed by atoms with Gasteiger partial charge < -0.3 is 0 Å². The van der Waals surface area contributed by atoms with Gasteiger partial charge in [0.05, 0.1) is 0 Å². The van der Waals surface area contributed by atoms with Crippen molar-refractivity contribution in [1.82, 2.24) is 0 Å². The molecule has 1 aromatic heterocycles. The topological polar surface area (TPSA) is 0 Å². The zero-order valence-corrected chi connectivity index (χ0v) is 10.7. The first-order valence-electron chi connectivity index (χ1n) is 6.03. The third-order valence-electron chi connectivity index (χ3n) is 3.41. The Bertz CT molecular complexity index is 268. The molecule has 0 aromatic carbocycles. The van der Waals surface area contributed by atoms with Crippen molar-refractivity contribution in [3.05, 3.63) is 22.4 Å². The van der Waals surface area contributed by atoms with Gasteiger partial charge in [-0.25, -0.2) is 0 Å². The van der Waals surface area contributed by atoms with E-state index in [0.717, 1.165) is 5.92 Å². The predicted octanol–water partition coefficient (Wildman–Crippen LogP) is 4.87. The number of hydrogen-bond acceptors (Lipinski definition) is 1. The van der Waals surface area contributed by atoms with Gasteiger partial charge in [0.1, 0.15) is 0 Å². The fourth-order valence-electron chi connectivity index (χ4n) is 2.45. The highest BCUT2D eigenvalue weighted by Gasteiger charge is 2.21. The van der Waals surface area contributed by atoms with Crippen LogP contribution in [-0.4, -0.2) is 5.38 Å². The number of rotatable bonds is 3. The molecule has 0 radical (unpaired) electrons. The molecule has 2 rings (SSSR count). The molecular weight excluding hydrogens is 224 g/mol. The van der Waals surface area contributed by atoms with Crippen molar-refractivity contribution in [2.75, 3.05) is 0 Å². The molecule has 2 unspecified atom stereocenters. The van der Waals surface area contributed by atoms with Crippen LogP contribution < -0.4 is 0 Å². The summed E-state index contributed by atoms with van der Waals surface area (Å²) in [5.41, 5.74) is 0. The Morgan fingerprint density at radius 2 is 2.13 bits per heavy atom. The molecule has 0 bridgehead atoms. The zero-order valence-electron chi connectivity index (χ0n) is 9.12. The first kappa shape index (κ1) is 11.5. The third kappa shape index (κ3) is 3.49. The van der Waals surface area contributed by atoms with Gasteiger partial charge in [-0.3, -0.25) is 0 Å². The van der Waals surface area contributed by atoms with E-state index in [-0.39, 0.29) is 0 Å². The standard InChI is InChI=1S/C13H19ClS/c14-13-7-3-1-2-5-11(13)8-9-12-6-4-10-15-12/h4,6,10-11,13H,1-3,5,7-9H2. The van der Waals surface area contributed by atoms with Crippen LogP contribution in [0.5, 0.6) is 0 Å². The van der Waals surface area contributed by atoms with Crippen molar-refractivity contribution in [1.29, 1.82) is 0 Å². The molecule has 1 heterocycles. The lowest BCUT2D eigenvalue weighted by Crippen LogP contribution is -2.13. The minimum Gasteiger partial charge on any atom is -0.149 e. The summed E-state index contributed by atoms with van der Waals surface area (Å²) in [5.74, 6) is 0.760. The Morgan fingerprint density at radius 1 is 1.27 bits per heavy atom. The first-order chi connectivity index (χ1) is 7.36. The fraction of sp³-hybridized carbons (Fsp3) is 0.692. The van der Waals surface area contributed by atoms with Crippen LogP contribution in [0.1, 0.15) is 43.4 Å². The Labute approximate surface area is 102 Å². The van der Waals surface area contributed by atoms with Gasteiger partial charge in [-0.15, -0.1) is 22.9 Å². The van der Waals surface area contributed by atoms with Gasteiger partial charge in [-0.2, -0.15) is 0 Å². The second-order valence-electron chi connectivity index (χ2n) is 4.53. The van der Waals surface area contributed by atoms with E-state index in [9.17, 15) is 0 Å². The van der Waals surface area contributed by atoms with Crippen molar-refractivity contribution >= 4 is 22.9 Å². The summed E-state index contributed by atoms with van der Waals surface area (Å²) in [7, 11) is 0. The van der Waals surface area contributed by atoms with Crippen molar-refractivity contribution in [2.45, 2.75) is 50.3 Å². The molecule has 1 saturated carbocycles. The molecule has 15 heavy (non-hydrogen) atoms. The highest BCUT2D eigenvalue weighted by Crippen LogP contribution is 2.31. The predicted molar refractivity (Wildman–Crippen MR) is 68.9 cm³/mol. The van der Waals surface area contributed by atoms with Gasteiger partial charge in [0.15, 0.2) is 0 Å². The number of halogens is 1. The van der Waals surface area contributed by atoms with Crippen LogP contribution in [0.25, 0.3) is 0 Å². The molecule has 0 spiro atoms. The molecule has 84 valence electrons. The second-order valence-corrected chi connectivity index (χ2v) is 6.12. The van der Waals surface area contributed by atoms with Gasteiger partial charge in [-0.05, 0) is 43.0 Å². The highest BCUT2D eigenvalue weighted by molar-refractivity contribution is 7.09. The largest absolute Gasteiger partial charge is 0.149 e. The van der Waals surface area contributed by atoms with Crippen LogP contribution in [0.2, 0.25) is 0 Å².